The smallest absolute Gasteiger partial charge is 0.257 e. The van der Waals surface area contributed by atoms with Crippen molar-refractivity contribution in [2.75, 3.05) is 18.8 Å². The van der Waals surface area contributed by atoms with Crippen LogP contribution in [0.3, 0.4) is 0 Å². The highest BCUT2D eigenvalue weighted by molar-refractivity contribution is 7.99. The molecule has 2 aliphatic heterocycles. The average molecular weight is 345 g/mol. The van der Waals surface area contributed by atoms with E-state index < -0.39 is 0 Å². The molecule has 1 aromatic heterocycles. The molecular formula is C16H15N3O4S. The first-order valence-electron chi connectivity index (χ1n) is 7.73. The van der Waals surface area contributed by atoms with Crippen molar-refractivity contribution >= 4 is 40.6 Å². The van der Waals surface area contributed by atoms with Crippen molar-refractivity contribution in [3.05, 3.63) is 24.3 Å². The van der Waals surface area contributed by atoms with E-state index in [0.29, 0.717) is 23.9 Å². The summed E-state index contributed by atoms with van der Waals surface area (Å²) in [5.74, 6) is -0.0740. The third-order valence-electron chi connectivity index (χ3n) is 4.26. The Bertz CT molecular complexity index is 779. The molecule has 4 rings (SSSR count). The van der Waals surface area contributed by atoms with Gasteiger partial charge in [0.25, 0.3) is 5.22 Å². The van der Waals surface area contributed by atoms with Crippen LogP contribution >= 0.6 is 11.8 Å². The fourth-order valence-corrected chi connectivity index (χ4v) is 3.69. The van der Waals surface area contributed by atoms with E-state index in [0.717, 1.165) is 5.52 Å². The number of hydrogen-bond donors (Lipinski definition) is 0. The van der Waals surface area contributed by atoms with Crippen molar-refractivity contribution in [1.29, 1.82) is 0 Å². The van der Waals surface area contributed by atoms with Gasteiger partial charge in [-0.3, -0.25) is 19.3 Å². The molecule has 124 valence electrons. The van der Waals surface area contributed by atoms with Gasteiger partial charge in [0.05, 0.1) is 11.8 Å². The van der Waals surface area contributed by atoms with Crippen LogP contribution in [0.5, 0.6) is 0 Å². The molecule has 0 atom stereocenters. The minimum atomic E-state index is -0.161. The molecule has 0 unspecified atom stereocenters. The number of nitrogens with zero attached hydrogens (tertiary/aromatic N) is 3. The summed E-state index contributed by atoms with van der Waals surface area (Å²) in [7, 11) is 0. The number of oxazole rings is 1. The first-order valence-corrected chi connectivity index (χ1v) is 8.71. The summed E-state index contributed by atoms with van der Waals surface area (Å²) in [5.41, 5.74) is 1.46. The molecule has 2 fully saturated rings. The fourth-order valence-electron chi connectivity index (χ4n) is 2.95. The molecule has 2 aromatic rings. The van der Waals surface area contributed by atoms with E-state index in [9.17, 15) is 14.4 Å². The molecule has 3 amide bonds. The number of imide groups is 1. The molecule has 7 nitrogen and oxygen atoms in total. The van der Waals surface area contributed by atoms with Gasteiger partial charge in [-0.2, -0.15) is 0 Å². The van der Waals surface area contributed by atoms with Crippen molar-refractivity contribution in [2.45, 2.75) is 24.1 Å². The van der Waals surface area contributed by atoms with Crippen molar-refractivity contribution in [3.8, 4) is 0 Å². The van der Waals surface area contributed by atoms with Gasteiger partial charge >= 0.3 is 0 Å². The molecule has 24 heavy (non-hydrogen) atoms. The summed E-state index contributed by atoms with van der Waals surface area (Å²) in [5, 5.41) is 0.464. The lowest BCUT2D eigenvalue weighted by molar-refractivity contribution is -0.150. The molecule has 3 heterocycles. The number of benzene rings is 1. The maximum atomic E-state index is 12.2. The Labute approximate surface area is 142 Å². The second kappa shape index (κ2) is 5.94. The van der Waals surface area contributed by atoms with Gasteiger partial charge in [-0.05, 0) is 12.1 Å². The molecule has 1 aromatic carbocycles. The normalized spacial score (nSPS) is 18.5. The molecule has 0 bridgehead atoms. The molecule has 0 radical (unpaired) electrons. The number of hydrogen-bond acceptors (Lipinski definition) is 6. The predicted molar refractivity (Wildman–Crippen MR) is 86.2 cm³/mol. The lowest BCUT2D eigenvalue weighted by atomic mass is 10.1. The second-order valence-electron chi connectivity index (χ2n) is 5.85. The average Bonchev–Trinajstić information content (AvgIpc) is 3.09. The van der Waals surface area contributed by atoms with Gasteiger partial charge in [0, 0.05) is 25.9 Å². The molecule has 2 aliphatic rings. The van der Waals surface area contributed by atoms with Crippen molar-refractivity contribution in [2.24, 2.45) is 0 Å². The summed E-state index contributed by atoms with van der Waals surface area (Å²) in [6.45, 7) is 0.842. The number of amides is 3. The highest BCUT2D eigenvalue weighted by Crippen LogP contribution is 2.26. The van der Waals surface area contributed by atoms with Gasteiger partial charge in [-0.1, -0.05) is 23.9 Å². The number of aromatic nitrogens is 1. The van der Waals surface area contributed by atoms with E-state index in [4.69, 9.17) is 4.42 Å². The number of carbonyl (C=O) groups excluding carboxylic acids is 3. The zero-order valence-electron chi connectivity index (χ0n) is 12.8. The second-order valence-corrected chi connectivity index (χ2v) is 6.77. The predicted octanol–water partition coefficient (Wildman–Crippen LogP) is 1.28. The summed E-state index contributed by atoms with van der Waals surface area (Å²) in [6.07, 6.45) is 0.577. The number of para-hydroxylation sites is 2. The lowest BCUT2D eigenvalue weighted by Gasteiger charge is -2.42. The topological polar surface area (TPSA) is 83.7 Å². The highest BCUT2D eigenvalue weighted by Gasteiger charge is 2.42. The minimum Gasteiger partial charge on any atom is -0.431 e. The van der Waals surface area contributed by atoms with Crippen molar-refractivity contribution in [3.63, 3.8) is 0 Å². The number of fused-ring (bicyclic) bond motifs is 1. The largest absolute Gasteiger partial charge is 0.431 e. The third-order valence-corrected chi connectivity index (χ3v) is 5.08. The fraction of sp³-hybridized carbons (Fsp3) is 0.375. The molecular weight excluding hydrogens is 330 g/mol. The van der Waals surface area contributed by atoms with E-state index in [1.54, 1.807) is 4.90 Å². The Balaban J connectivity index is 1.30. The van der Waals surface area contributed by atoms with E-state index in [1.807, 2.05) is 24.3 Å². The van der Waals surface area contributed by atoms with Crippen LogP contribution < -0.4 is 0 Å². The van der Waals surface area contributed by atoms with Gasteiger partial charge in [0.2, 0.25) is 17.7 Å². The Kier molecular flexibility index (Phi) is 3.76. The van der Waals surface area contributed by atoms with Crippen LogP contribution in [0.4, 0.5) is 0 Å². The van der Waals surface area contributed by atoms with Gasteiger partial charge in [0.1, 0.15) is 5.52 Å². The van der Waals surface area contributed by atoms with Gasteiger partial charge in [-0.15, -0.1) is 0 Å². The van der Waals surface area contributed by atoms with Crippen LogP contribution in [-0.4, -0.2) is 57.4 Å². The number of thioether (sulfide) groups is 1. The first-order chi connectivity index (χ1) is 11.6. The van der Waals surface area contributed by atoms with Crippen LogP contribution in [0, 0.1) is 0 Å². The Morgan fingerprint density at radius 3 is 2.62 bits per heavy atom. The maximum Gasteiger partial charge on any atom is 0.257 e. The monoisotopic (exact) mass is 345 g/mol. The van der Waals surface area contributed by atoms with Gasteiger partial charge in [-0.25, -0.2) is 4.98 Å². The molecule has 8 heteroatoms. The molecule has 0 N–H and O–H groups in total. The van der Waals surface area contributed by atoms with Gasteiger partial charge < -0.3 is 9.32 Å². The Morgan fingerprint density at radius 2 is 1.92 bits per heavy atom. The van der Waals surface area contributed by atoms with E-state index in [-0.39, 0.29) is 42.4 Å². The Hall–Kier alpha value is -2.35. The lowest BCUT2D eigenvalue weighted by Crippen LogP contribution is -2.62. The first kappa shape index (κ1) is 15.2. The van der Waals surface area contributed by atoms with Gasteiger partial charge in [0.15, 0.2) is 5.58 Å². The van der Waals surface area contributed by atoms with Crippen molar-refractivity contribution in [1.82, 2.24) is 14.8 Å². The zero-order chi connectivity index (χ0) is 16.7. The zero-order valence-corrected chi connectivity index (χ0v) is 13.6. The SMILES string of the molecule is O=C(CSc1nc2ccccc2o1)N1CC(N2C(=O)CCC2=O)C1. The summed E-state index contributed by atoms with van der Waals surface area (Å²) in [4.78, 5) is 42.8. The number of carbonyl (C=O) groups is 3. The van der Waals surface area contributed by atoms with E-state index in [1.165, 1.54) is 16.7 Å². The minimum absolute atomic E-state index is 0.0439. The van der Waals surface area contributed by atoms with E-state index in [2.05, 4.69) is 4.98 Å². The van der Waals surface area contributed by atoms with Crippen molar-refractivity contribution < 1.29 is 18.8 Å². The summed E-state index contributed by atoms with van der Waals surface area (Å²) >= 11 is 1.25. The molecule has 0 aliphatic carbocycles. The van der Waals surface area contributed by atoms with E-state index >= 15 is 0 Å². The number of likely N-dealkylation sites (tertiary alicyclic amines) is 2. The van der Waals surface area contributed by atoms with Crippen LogP contribution in [0.15, 0.2) is 33.9 Å². The molecule has 0 saturated carbocycles. The number of rotatable bonds is 4. The summed E-state index contributed by atoms with van der Waals surface area (Å²) < 4.78 is 5.56. The Morgan fingerprint density at radius 1 is 1.21 bits per heavy atom. The maximum absolute atomic E-state index is 12.2. The van der Waals surface area contributed by atoms with Crippen LogP contribution in [0.25, 0.3) is 11.1 Å². The third kappa shape index (κ3) is 2.66. The molecule has 2 saturated heterocycles. The quantitative estimate of drug-likeness (QED) is 0.613. The summed E-state index contributed by atoms with van der Waals surface area (Å²) in [6, 6.07) is 7.28. The van der Waals surface area contributed by atoms with Crippen LogP contribution in [0.1, 0.15) is 12.8 Å². The van der Waals surface area contributed by atoms with Crippen LogP contribution in [-0.2, 0) is 14.4 Å². The highest BCUT2D eigenvalue weighted by atomic mass is 32.2. The molecule has 0 spiro atoms. The van der Waals surface area contributed by atoms with Crippen LogP contribution in [0.2, 0.25) is 0 Å². The standard InChI is InChI=1S/C16H15N3O4S/c20-13-5-6-14(21)19(13)10-7-18(8-10)15(22)9-24-16-17-11-3-1-2-4-12(11)23-16/h1-4,10H,5-9H2.